The SMILES string of the molecule is CCCCCC1(CNC(C)C)CCOC1. The van der Waals surface area contributed by atoms with Gasteiger partial charge in [0.2, 0.25) is 0 Å². The lowest BCUT2D eigenvalue weighted by atomic mass is 9.81. The standard InChI is InChI=1S/C13H27NO/c1-4-5-6-7-13(8-9-15-11-13)10-14-12(2)3/h12,14H,4-11H2,1-3H3. The number of unbranched alkanes of at least 4 members (excludes halogenated alkanes) is 2. The van der Waals surface area contributed by atoms with Crippen molar-refractivity contribution in [2.75, 3.05) is 19.8 Å². The highest BCUT2D eigenvalue weighted by Gasteiger charge is 2.33. The van der Waals surface area contributed by atoms with E-state index in [1.54, 1.807) is 0 Å². The van der Waals surface area contributed by atoms with Gasteiger partial charge in [-0.05, 0) is 12.8 Å². The average Bonchev–Trinajstić information content (AvgIpc) is 2.65. The van der Waals surface area contributed by atoms with Gasteiger partial charge in [-0.3, -0.25) is 0 Å². The first-order valence-electron chi connectivity index (χ1n) is 6.50. The maximum absolute atomic E-state index is 5.58. The molecule has 0 spiro atoms. The molecule has 1 fully saturated rings. The zero-order valence-electron chi connectivity index (χ0n) is 10.6. The maximum atomic E-state index is 5.58. The summed E-state index contributed by atoms with van der Waals surface area (Å²) < 4.78 is 5.58. The summed E-state index contributed by atoms with van der Waals surface area (Å²) >= 11 is 0. The third kappa shape index (κ3) is 4.52. The second-order valence-corrected chi connectivity index (χ2v) is 5.30. The van der Waals surface area contributed by atoms with Crippen LogP contribution in [0.1, 0.15) is 52.9 Å². The van der Waals surface area contributed by atoms with E-state index >= 15 is 0 Å². The molecule has 2 heteroatoms. The lowest BCUT2D eigenvalue weighted by Gasteiger charge is -2.29. The summed E-state index contributed by atoms with van der Waals surface area (Å²) in [7, 11) is 0. The second-order valence-electron chi connectivity index (χ2n) is 5.30. The van der Waals surface area contributed by atoms with E-state index in [0.717, 1.165) is 19.8 Å². The van der Waals surface area contributed by atoms with Gasteiger partial charge in [-0.15, -0.1) is 0 Å². The largest absolute Gasteiger partial charge is 0.381 e. The summed E-state index contributed by atoms with van der Waals surface area (Å²) in [6.45, 7) is 9.77. The van der Waals surface area contributed by atoms with Crippen molar-refractivity contribution in [1.82, 2.24) is 5.32 Å². The molecule has 15 heavy (non-hydrogen) atoms. The Labute approximate surface area is 94.8 Å². The molecule has 1 heterocycles. The van der Waals surface area contributed by atoms with Crippen LogP contribution in [0.4, 0.5) is 0 Å². The van der Waals surface area contributed by atoms with Crippen molar-refractivity contribution >= 4 is 0 Å². The van der Waals surface area contributed by atoms with E-state index in [-0.39, 0.29) is 0 Å². The van der Waals surface area contributed by atoms with Crippen molar-refractivity contribution < 1.29 is 4.74 Å². The van der Waals surface area contributed by atoms with Gasteiger partial charge in [-0.25, -0.2) is 0 Å². The van der Waals surface area contributed by atoms with Crippen LogP contribution in [0.15, 0.2) is 0 Å². The zero-order chi connectivity index (χ0) is 11.1. The van der Waals surface area contributed by atoms with E-state index < -0.39 is 0 Å². The quantitative estimate of drug-likeness (QED) is 0.656. The predicted octanol–water partition coefficient (Wildman–Crippen LogP) is 2.97. The van der Waals surface area contributed by atoms with E-state index in [2.05, 4.69) is 26.1 Å². The summed E-state index contributed by atoms with van der Waals surface area (Å²) in [5, 5.41) is 3.58. The summed E-state index contributed by atoms with van der Waals surface area (Å²) in [5.41, 5.74) is 0.444. The Bertz CT molecular complexity index is 162. The van der Waals surface area contributed by atoms with Crippen LogP contribution in [0.3, 0.4) is 0 Å². The Kier molecular flexibility index (Phi) is 5.62. The van der Waals surface area contributed by atoms with Crippen LogP contribution in [0.2, 0.25) is 0 Å². The normalized spacial score (nSPS) is 26.4. The minimum atomic E-state index is 0.444. The minimum absolute atomic E-state index is 0.444. The second kappa shape index (κ2) is 6.49. The van der Waals surface area contributed by atoms with Crippen LogP contribution >= 0.6 is 0 Å². The molecule has 0 aromatic heterocycles. The topological polar surface area (TPSA) is 21.3 Å². The Morgan fingerprint density at radius 2 is 2.13 bits per heavy atom. The molecule has 1 saturated heterocycles. The fraction of sp³-hybridized carbons (Fsp3) is 1.00. The summed E-state index contributed by atoms with van der Waals surface area (Å²) in [6.07, 6.45) is 6.62. The smallest absolute Gasteiger partial charge is 0.0535 e. The lowest BCUT2D eigenvalue weighted by Crippen LogP contribution is -2.38. The Morgan fingerprint density at radius 3 is 2.67 bits per heavy atom. The molecule has 0 aromatic carbocycles. The fourth-order valence-electron chi connectivity index (χ4n) is 2.25. The molecule has 0 bridgehead atoms. The predicted molar refractivity (Wildman–Crippen MR) is 65.1 cm³/mol. The van der Waals surface area contributed by atoms with Crippen molar-refractivity contribution in [2.24, 2.45) is 5.41 Å². The van der Waals surface area contributed by atoms with Crippen molar-refractivity contribution in [3.8, 4) is 0 Å². The molecule has 1 aliphatic rings. The number of hydrogen-bond acceptors (Lipinski definition) is 2. The van der Waals surface area contributed by atoms with Crippen LogP contribution < -0.4 is 5.32 Å². The Hall–Kier alpha value is -0.0800. The number of ether oxygens (including phenoxy) is 1. The molecule has 1 N–H and O–H groups in total. The zero-order valence-corrected chi connectivity index (χ0v) is 10.6. The molecule has 1 rings (SSSR count). The highest BCUT2D eigenvalue weighted by atomic mass is 16.5. The molecular weight excluding hydrogens is 186 g/mol. The average molecular weight is 213 g/mol. The van der Waals surface area contributed by atoms with Gasteiger partial charge in [0.15, 0.2) is 0 Å². The van der Waals surface area contributed by atoms with Gasteiger partial charge in [0.05, 0.1) is 6.61 Å². The maximum Gasteiger partial charge on any atom is 0.0535 e. The highest BCUT2D eigenvalue weighted by molar-refractivity contribution is 4.85. The minimum Gasteiger partial charge on any atom is -0.381 e. The molecule has 0 aromatic rings. The Balaban J connectivity index is 2.32. The van der Waals surface area contributed by atoms with Crippen LogP contribution in [-0.2, 0) is 4.74 Å². The van der Waals surface area contributed by atoms with Crippen molar-refractivity contribution in [3.63, 3.8) is 0 Å². The summed E-state index contributed by atoms with van der Waals surface area (Å²) in [6, 6.07) is 0.591. The van der Waals surface area contributed by atoms with Crippen LogP contribution in [-0.4, -0.2) is 25.8 Å². The first-order valence-corrected chi connectivity index (χ1v) is 6.50. The van der Waals surface area contributed by atoms with Gasteiger partial charge in [0, 0.05) is 24.6 Å². The molecular formula is C13H27NO. The number of nitrogens with one attached hydrogen (secondary N) is 1. The molecule has 1 aliphatic heterocycles. The van der Waals surface area contributed by atoms with Gasteiger partial charge >= 0.3 is 0 Å². The lowest BCUT2D eigenvalue weighted by molar-refractivity contribution is 0.140. The van der Waals surface area contributed by atoms with E-state index in [9.17, 15) is 0 Å². The molecule has 1 atom stereocenters. The molecule has 1 unspecified atom stereocenters. The molecule has 0 aliphatic carbocycles. The third-order valence-electron chi connectivity index (χ3n) is 3.38. The molecule has 2 nitrogen and oxygen atoms in total. The van der Waals surface area contributed by atoms with Crippen molar-refractivity contribution in [3.05, 3.63) is 0 Å². The molecule has 0 saturated carbocycles. The monoisotopic (exact) mass is 213 g/mol. The van der Waals surface area contributed by atoms with Crippen molar-refractivity contribution in [2.45, 2.75) is 58.9 Å². The van der Waals surface area contributed by atoms with Gasteiger partial charge in [-0.1, -0.05) is 40.0 Å². The number of rotatable bonds is 7. The highest BCUT2D eigenvalue weighted by Crippen LogP contribution is 2.33. The van der Waals surface area contributed by atoms with Gasteiger partial charge in [0.1, 0.15) is 0 Å². The molecule has 0 radical (unpaired) electrons. The van der Waals surface area contributed by atoms with Gasteiger partial charge < -0.3 is 10.1 Å². The van der Waals surface area contributed by atoms with Crippen LogP contribution in [0.25, 0.3) is 0 Å². The van der Waals surface area contributed by atoms with Crippen molar-refractivity contribution in [1.29, 1.82) is 0 Å². The van der Waals surface area contributed by atoms with Gasteiger partial charge in [-0.2, -0.15) is 0 Å². The first-order chi connectivity index (χ1) is 7.18. The van der Waals surface area contributed by atoms with Gasteiger partial charge in [0.25, 0.3) is 0 Å². The third-order valence-corrected chi connectivity index (χ3v) is 3.38. The van der Waals surface area contributed by atoms with E-state index in [4.69, 9.17) is 4.74 Å². The van der Waals surface area contributed by atoms with E-state index in [1.165, 1.54) is 32.1 Å². The van der Waals surface area contributed by atoms with Crippen LogP contribution in [0, 0.1) is 5.41 Å². The summed E-state index contributed by atoms with van der Waals surface area (Å²) in [5.74, 6) is 0. The first kappa shape index (κ1) is 13.0. The fourth-order valence-corrected chi connectivity index (χ4v) is 2.25. The number of hydrogen-bond donors (Lipinski definition) is 1. The van der Waals surface area contributed by atoms with E-state index in [0.29, 0.717) is 11.5 Å². The Morgan fingerprint density at radius 1 is 1.33 bits per heavy atom. The van der Waals surface area contributed by atoms with Crippen LogP contribution in [0.5, 0.6) is 0 Å². The van der Waals surface area contributed by atoms with E-state index in [1.807, 2.05) is 0 Å². The summed E-state index contributed by atoms with van der Waals surface area (Å²) in [4.78, 5) is 0. The molecule has 90 valence electrons. The molecule has 0 amide bonds.